The molecular weight excluding hydrogens is 334 g/mol. The van der Waals surface area contributed by atoms with Crippen LogP contribution >= 0.6 is 0 Å². The number of ether oxygens (including phenoxy) is 3. The number of fused-ring (bicyclic) bond motifs is 1. The number of benzene rings is 2. The predicted octanol–water partition coefficient (Wildman–Crippen LogP) is 3.32. The first kappa shape index (κ1) is 17.2. The minimum atomic E-state index is -0.313. The number of hydrogen-bond donors (Lipinski definition) is 2. The maximum atomic E-state index is 12.7. The average molecular weight is 351 g/mol. The molecule has 0 aliphatic carbocycles. The molecule has 0 saturated heterocycles. The summed E-state index contributed by atoms with van der Waals surface area (Å²) in [6.45, 7) is 0. The van der Waals surface area contributed by atoms with Crippen LogP contribution in [0, 0.1) is 11.3 Å². The number of carbonyl (C=O) groups is 1. The lowest BCUT2D eigenvalue weighted by molar-refractivity contribution is 0.102. The summed E-state index contributed by atoms with van der Waals surface area (Å²) in [5.41, 5.74) is 2.20. The standard InChI is InChI=1S/C19H17N3O4/c1-24-15-8-14-16(18(26-3)17(15)25-2)13(10-21-14)19(23)22-12-6-4-11(9-20)5-7-12/h4-8,10,21H,1-3H3,(H,22,23). The second-order valence-corrected chi connectivity index (χ2v) is 5.41. The summed E-state index contributed by atoms with van der Waals surface area (Å²) in [7, 11) is 4.55. The molecule has 26 heavy (non-hydrogen) atoms. The zero-order valence-corrected chi connectivity index (χ0v) is 14.5. The molecule has 0 aliphatic heterocycles. The number of H-pyrrole nitrogens is 1. The van der Waals surface area contributed by atoms with Gasteiger partial charge in [0.25, 0.3) is 5.91 Å². The van der Waals surface area contributed by atoms with Crippen molar-refractivity contribution >= 4 is 22.5 Å². The molecule has 0 fully saturated rings. The van der Waals surface area contributed by atoms with Crippen molar-refractivity contribution in [2.24, 2.45) is 0 Å². The van der Waals surface area contributed by atoms with E-state index in [4.69, 9.17) is 19.5 Å². The smallest absolute Gasteiger partial charge is 0.257 e. The fraction of sp³-hybridized carbons (Fsp3) is 0.158. The van der Waals surface area contributed by atoms with E-state index in [0.717, 1.165) is 0 Å². The Morgan fingerprint density at radius 2 is 1.77 bits per heavy atom. The SMILES string of the molecule is COc1cc2[nH]cc(C(=O)Nc3ccc(C#N)cc3)c2c(OC)c1OC. The number of methoxy groups -OCH3 is 3. The molecule has 0 bridgehead atoms. The van der Waals surface area contributed by atoms with Gasteiger partial charge in [-0.25, -0.2) is 0 Å². The Morgan fingerprint density at radius 3 is 2.35 bits per heavy atom. The molecule has 0 spiro atoms. The number of amides is 1. The molecule has 1 heterocycles. The van der Waals surface area contributed by atoms with Gasteiger partial charge in [-0.2, -0.15) is 5.26 Å². The molecule has 0 unspecified atom stereocenters. The molecular formula is C19H17N3O4. The van der Waals surface area contributed by atoms with Gasteiger partial charge in [-0.1, -0.05) is 0 Å². The highest BCUT2D eigenvalue weighted by atomic mass is 16.5. The average Bonchev–Trinajstić information content (AvgIpc) is 3.10. The van der Waals surface area contributed by atoms with Gasteiger partial charge < -0.3 is 24.5 Å². The third kappa shape index (κ3) is 2.89. The van der Waals surface area contributed by atoms with E-state index in [1.807, 2.05) is 6.07 Å². The summed E-state index contributed by atoms with van der Waals surface area (Å²) < 4.78 is 16.2. The van der Waals surface area contributed by atoms with Crippen molar-refractivity contribution in [3.63, 3.8) is 0 Å². The number of rotatable bonds is 5. The summed E-state index contributed by atoms with van der Waals surface area (Å²) in [5, 5.41) is 12.3. The number of aromatic nitrogens is 1. The van der Waals surface area contributed by atoms with E-state index in [0.29, 0.717) is 45.0 Å². The number of aromatic amines is 1. The molecule has 0 atom stereocenters. The quantitative estimate of drug-likeness (QED) is 0.735. The molecule has 7 heteroatoms. The Labute approximate surface area is 150 Å². The lowest BCUT2D eigenvalue weighted by Crippen LogP contribution is -2.11. The van der Waals surface area contributed by atoms with Gasteiger partial charge in [0.05, 0.1) is 49.4 Å². The molecule has 0 aliphatic rings. The van der Waals surface area contributed by atoms with Crippen molar-refractivity contribution in [3.8, 4) is 23.3 Å². The van der Waals surface area contributed by atoms with Crippen molar-refractivity contribution in [3.05, 3.63) is 47.7 Å². The lowest BCUT2D eigenvalue weighted by atomic mass is 10.1. The monoisotopic (exact) mass is 351 g/mol. The summed E-state index contributed by atoms with van der Waals surface area (Å²) >= 11 is 0. The van der Waals surface area contributed by atoms with E-state index in [-0.39, 0.29) is 5.91 Å². The molecule has 2 aromatic carbocycles. The largest absolute Gasteiger partial charge is 0.493 e. The third-order valence-corrected chi connectivity index (χ3v) is 3.99. The van der Waals surface area contributed by atoms with Gasteiger partial charge in [-0.15, -0.1) is 0 Å². The van der Waals surface area contributed by atoms with Crippen LogP contribution in [-0.4, -0.2) is 32.2 Å². The topological polar surface area (TPSA) is 96.4 Å². The van der Waals surface area contributed by atoms with Crippen molar-refractivity contribution in [2.45, 2.75) is 0 Å². The van der Waals surface area contributed by atoms with E-state index in [1.165, 1.54) is 21.3 Å². The number of hydrogen-bond acceptors (Lipinski definition) is 5. The maximum Gasteiger partial charge on any atom is 0.257 e. The fourth-order valence-corrected chi connectivity index (χ4v) is 2.77. The minimum absolute atomic E-state index is 0.313. The molecule has 0 radical (unpaired) electrons. The maximum absolute atomic E-state index is 12.7. The summed E-state index contributed by atoms with van der Waals surface area (Å²) in [4.78, 5) is 15.8. The van der Waals surface area contributed by atoms with Crippen molar-refractivity contribution in [2.75, 3.05) is 26.6 Å². The van der Waals surface area contributed by atoms with Crippen LogP contribution in [0.2, 0.25) is 0 Å². The Balaban J connectivity index is 2.04. The Hall–Kier alpha value is -3.66. The van der Waals surface area contributed by atoms with E-state index in [1.54, 1.807) is 36.5 Å². The number of carbonyl (C=O) groups excluding carboxylic acids is 1. The highest BCUT2D eigenvalue weighted by molar-refractivity contribution is 6.15. The zero-order valence-electron chi connectivity index (χ0n) is 14.5. The Kier molecular flexibility index (Phi) is 4.67. The van der Waals surface area contributed by atoms with Crippen LogP contribution in [0.25, 0.3) is 10.9 Å². The van der Waals surface area contributed by atoms with Gasteiger partial charge in [-0.05, 0) is 24.3 Å². The molecule has 2 N–H and O–H groups in total. The lowest BCUT2D eigenvalue weighted by Gasteiger charge is -2.14. The molecule has 7 nitrogen and oxygen atoms in total. The number of nitrogens with zero attached hydrogens (tertiary/aromatic N) is 1. The van der Waals surface area contributed by atoms with Crippen LogP contribution < -0.4 is 19.5 Å². The first-order valence-electron chi connectivity index (χ1n) is 7.74. The molecule has 3 rings (SSSR count). The molecule has 0 saturated carbocycles. The Morgan fingerprint density at radius 1 is 1.08 bits per heavy atom. The van der Waals surface area contributed by atoms with Gasteiger partial charge in [-0.3, -0.25) is 4.79 Å². The zero-order chi connectivity index (χ0) is 18.7. The first-order valence-corrected chi connectivity index (χ1v) is 7.74. The molecule has 132 valence electrons. The highest BCUT2D eigenvalue weighted by Gasteiger charge is 2.22. The summed E-state index contributed by atoms with van der Waals surface area (Å²) in [5.74, 6) is 1.01. The second-order valence-electron chi connectivity index (χ2n) is 5.41. The van der Waals surface area contributed by atoms with E-state index in [9.17, 15) is 4.79 Å². The van der Waals surface area contributed by atoms with Gasteiger partial charge >= 0.3 is 0 Å². The van der Waals surface area contributed by atoms with E-state index < -0.39 is 0 Å². The summed E-state index contributed by atoms with van der Waals surface area (Å²) in [6.07, 6.45) is 1.60. The number of nitrogens with one attached hydrogen (secondary N) is 2. The fourth-order valence-electron chi connectivity index (χ4n) is 2.77. The van der Waals surface area contributed by atoms with Gasteiger partial charge in [0, 0.05) is 18.0 Å². The van der Waals surface area contributed by atoms with Crippen LogP contribution in [-0.2, 0) is 0 Å². The number of nitriles is 1. The molecule has 1 amide bonds. The van der Waals surface area contributed by atoms with Gasteiger partial charge in [0.15, 0.2) is 11.5 Å². The van der Waals surface area contributed by atoms with E-state index >= 15 is 0 Å². The van der Waals surface area contributed by atoms with Crippen LogP contribution in [0.4, 0.5) is 5.69 Å². The normalized spacial score (nSPS) is 10.2. The minimum Gasteiger partial charge on any atom is -0.493 e. The van der Waals surface area contributed by atoms with Crippen LogP contribution in [0.5, 0.6) is 17.2 Å². The number of anilines is 1. The van der Waals surface area contributed by atoms with Crippen molar-refractivity contribution in [1.82, 2.24) is 4.98 Å². The van der Waals surface area contributed by atoms with Crippen LogP contribution in [0.3, 0.4) is 0 Å². The van der Waals surface area contributed by atoms with Crippen LogP contribution in [0.15, 0.2) is 36.5 Å². The molecule has 1 aromatic heterocycles. The van der Waals surface area contributed by atoms with E-state index in [2.05, 4.69) is 10.3 Å². The van der Waals surface area contributed by atoms with Crippen molar-refractivity contribution < 1.29 is 19.0 Å². The second kappa shape index (κ2) is 7.07. The predicted molar refractivity (Wildman–Crippen MR) is 97.1 cm³/mol. The van der Waals surface area contributed by atoms with Gasteiger partial charge in [0.2, 0.25) is 5.75 Å². The first-order chi connectivity index (χ1) is 12.6. The molecule has 3 aromatic rings. The van der Waals surface area contributed by atoms with Crippen LogP contribution in [0.1, 0.15) is 15.9 Å². The summed E-state index contributed by atoms with van der Waals surface area (Å²) in [6, 6.07) is 10.4. The third-order valence-electron chi connectivity index (χ3n) is 3.99. The van der Waals surface area contributed by atoms with Crippen molar-refractivity contribution in [1.29, 1.82) is 5.26 Å². The van der Waals surface area contributed by atoms with Gasteiger partial charge in [0.1, 0.15) is 0 Å². The Bertz CT molecular complexity index is 1000. The highest BCUT2D eigenvalue weighted by Crippen LogP contribution is 2.44.